The molecule has 0 atom stereocenters. The van der Waals surface area contributed by atoms with Gasteiger partial charge in [-0.3, -0.25) is 19.3 Å². The predicted octanol–water partition coefficient (Wildman–Crippen LogP) is 3.03. The molecule has 1 heterocycles. The van der Waals surface area contributed by atoms with Gasteiger partial charge in [0, 0.05) is 23.9 Å². The first-order valence-corrected chi connectivity index (χ1v) is 9.11. The van der Waals surface area contributed by atoms with Gasteiger partial charge in [0.25, 0.3) is 5.91 Å². The zero-order valence-electron chi connectivity index (χ0n) is 15.0. The Labute approximate surface area is 148 Å². The highest BCUT2D eigenvalue weighted by Gasteiger charge is 2.31. The van der Waals surface area contributed by atoms with Crippen molar-refractivity contribution in [3.05, 3.63) is 35.4 Å². The molecule has 1 saturated heterocycles. The lowest BCUT2D eigenvalue weighted by atomic mass is 9.78. The van der Waals surface area contributed by atoms with Crippen LogP contribution >= 0.6 is 0 Å². The summed E-state index contributed by atoms with van der Waals surface area (Å²) in [6, 6.07) is 7.17. The van der Waals surface area contributed by atoms with Crippen LogP contribution in [0.1, 0.15) is 68.3 Å². The van der Waals surface area contributed by atoms with Crippen molar-refractivity contribution in [3.63, 3.8) is 0 Å². The maximum atomic E-state index is 12.5. The lowest BCUT2D eigenvalue weighted by molar-refractivity contribution is -0.139. The first-order valence-electron chi connectivity index (χ1n) is 9.11. The molecule has 1 aromatic carbocycles. The molecule has 0 aromatic heterocycles. The summed E-state index contributed by atoms with van der Waals surface area (Å²) in [5.74, 6) is 0.440. The second kappa shape index (κ2) is 6.98. The smallest absolute Gasteiger partial charge is 0.251 e. The molecular formula is C20H26N2O3. The molecule has 5 nitrogen and oxygen atoms in total. The highest BCUT2D eigenvalue weighted by Crippen LogP contribution is 2.31. The summed E-state index contributed by atoms with van der Waals surface area (Å²) in [5, 5.41) is 3.18. The highest BCUT2D eigenvalue weighted by molar-refractivity contribution is 6.01. The van der Waals surface area contributed by atoms with E-state index < -0.39 is 0 Å². The minimum atomic E-state index is -0.128. The Bertz CT molecular complexity index is 657. The Hall–Kier alpha value is -2.17. The average Bonchev–Trinajstić information content (AvgIpc) is 2.90. The molecule has 0 spiro atoms. The second-order valence-electron chi connectivity index (χ2n) is 7.77. The Kier molecular flexibility index (Phi) is 4.93. The lowest BCUT2D eigenvalue weighted by Crippen LogP contribution is -2.48. The van der Waals surface area contributed by atoms with Crippen LogP contribution in [0.25, 0.3) is 0 Å². The molecule has 1 N–H and O–H groups in total. The van der Waals surface area contributed by atoms with Gasteiger partial charge in [0.1, 0.15) is 0 Å². The average molecular weight is 342 g/mol. The molecular weight excluding hydrogens is 316 g/mol. The zero-order valence-corrected chi connectivity index (χ0v) is 15.0. The maximum Gasteiger partial charge on any atom is 0.251 e. The minimum Gasteiger partial charge on any atom is -0.347 e. The van der Waals surface area contributed by atoms with Gasteiger partial charge in [0.15, 0.2) is 0 Å². The van der Waals surface area contributed by atoms with Gasteiger partial charge in [-0.2, -0.15) is 0 Å². The van der Waals surface area contributed by atoms with Crippen molar-refractivity contribution < 1.29 is 14.4 Å². The first-order chi connectivity index (χ1) is 11.9. The van der Waals surface area contributed by atoms with Crippen LogP contribution in [-0.4, -0.2) is 28.2 Å². The summed E-state index contributed by atoms with van der Waals surface area (Å²) < 4.78 is 0. The van der Waals surface area contributed by atoms with Gasteiger partial charge in [-0.25, -0.2) is 0 Å². The van der Waals surface area contributed by atoms with Gasteiger partial charge < -0.3 is 5.32 Å². The van der Waals surface area contributed by atoms with Crippen LogP contribution in [0.5, 0.6) is 0 Å². The van der Waals surface area contributed by atoms with E-state index in [4.69, 9.17) is 0 Å². The van der Waals surface area contributed by atoms with Crippen LogP contribution < -0.4 is 5.32 Å². The standard InChI is InChI=1S/C20H26N2O3/c1-14-9-11-20(2,12-10-14)21-19(25)16-5-3-15(4-6-16)13-22-17(23)7-8-18(22)24/h3-6,14H,7-13H2,1-2H3,(H,21,25). The van der Waals surface area contributed by atoms with Crippen LogP contribution in [0.3, 0.4) is 0 Å². The van der Waals surface area contributed by atoms with E-state index in [1.54, 1.807) is 12.1 Å². The van der Waals surface area contributed by atoms with Crippen LogP contribution in [0.2, 0.25) is 0 Å². The van der Waals surface area contributed by atoms with E-state index >= 15 is 0 Å². The Morgan fingerprint density at radius 3 is 2.24 bits per heavy atom. The molecule has 0 unspecified atom stereocenters. The third-order valence-corrected chi connectivity index (χ3v) is 5.50. The number of nitrogens with one attached hydrogen (secondary N) is 1. The van der Waals surface area contributed by atoms with Gasteiger partial charge in [0.2, 0.25) is 11.8 Å². The number of carbonyl (C=O) groups is 3. The SMILES string of the molecule is CC1CCC(C)(NC(=O)c2ccc(CN3C(=O)CCC3=O)cc2)CC1. The fraction of sp³-hybridized carbons (Fsp3) is 0.550. The van der Waals surface area contributed by atoms with Crippen molar-refractivity contribution in [3.8, 4) is 0 Å². The molecule has 5 heteroatoms. The van der Waals surface area contributed by atoms with Gasteiger partial charge in [-0.05, 0) is 56.2 Å². The number of hydrogen-bond donors (Lipinski definition) is 1. The fourth-order valence-electron chi connectivity index (χ4n) is 3.61. The molecule has 3 amide bonds. The van der Waals surface area contributed by atoms with Crippen LogP contribution in [0, 0.1) is 5.92 Å². The van der Waals surface area contributed by atoms with Gasteiger partial charge in [-0.1, -0.05) is 19.1 Å². The molecule has 1 aromatic rings. The van der Waals surface area contributed by atoms with Crippen molar-refractivity contribution in [2.75, 3.05) is 0 Å². The summed E-state index contributed by atoms with van der Waals surface area (Å²) in [7, 11) is 0. The zero-order chi connectivity index (χ0) is 18.0. The molecule has 1 saturated carbocycles. The summed E-state index contributed by atoms with van der Waals surface area (Å²) in [4.78, 5) is 37.2. The summed E-state index contributed by atoms with van der Waals surface area (Å²) >= 11 is 0. The summed E-state index contributed by atoms with van der Waals surface area (Å²) in [5.41, 5.74) is 1.34. The Balaban J connectivity index is 1.61. The van der Waals surface area contributed by atoms with E-state index in [0.717, 1.165) is 37.2 Å². The third-order valence-electron chi connectivity index (χ3n) is 5.50. The molecule has 2 aliphatic rings. The van der Waals surface area contributed by atoms with Gasteiger partial charge >= 0.3 is 0 Å². The van der Waals surface area contributed by atoms with E-state index in [-0.39, 0.29) is 29.8 Å². The Morgan fingerprint density at radius 2 is 1.68 bits per heavy atom. The number of rotatable bonds is 4. The van der Waals surface area contributed by atoms with E-state index in [9.17, 15) is 14.4 Å². The first kappa shape index (κ1) is 17.6. The lowest BCUT2D eigenvalue weighted by Gasteiger charge is -2.37. The number of nitrogens with zero attached hydrogens (tertiary/aromatic N) is 1. The van der Waals surface area contributed by atoms with Crippen molar-refractivity contribution >= 4 is 17.7 Å². The summed E-state index contributed by atoms with van der Waals surface area (Å²) in [6.07, 6.45) is 4.92. The van der Waals surface area contributed by atoms with Crippen molar-refractivity contribution in [2.45, 2.75) is 64.5 Å². The van der Waals surface area contributed by atoms with Gasteiger partial charge in [-0.15, -0.1) is 0 Å². The van der Waals surface area contributed by atoms with Crippen molar-refractivity contribution in [1.29, 1.82) is 0 Å². The normalized spacial score (nSPS) is 26.8. The number of benzene rings is 1. The van der Waals surface area contributed by atoms with E-state index in [0.29, 0.717) is 18.4 Å². The molecule has 1 aliphatic carbocycles. The van der Waals surface area contributed by atoms with E-state index in [1.165, 1.54) is 4.90 Å². The molecule has 134 valence electrons. The highest BCUT2D eigenvalue weighted by atomic mass is 16.2. The van der Waals surface area contributed by atoms with Crippen molar-refractivity contribution in [2.24, 2.45) is 5.92 Å². The van der Waals surface area contributed by atoms with Crippen LogP contribution in [0.4, 0.5) is 0 Å². The molecule has 1 aliphatic heterocycles. The number of amides is 3. The number of likely N-dealkylation sites (tertiary alicyclic amines) is 1. The monoisotopic (exact) mass is 342 g/mol. The molecule has 0 radical (unpaired) electrons. The number of hydrogen-bond acceptors (Lipinski definition) is 3. The van der Waals surface area contributed by atoms with E-state index in [1.807, 2.05) is 12.1 Å². The van der Waals surface area contributed by atoms with Crippen molar-refractivity contribution in [1.82, 2.24) is 10.2 Å². The Morgan fingerprint density at radius 1 is 1.12 bits per heavy atom. The van der Waals surface area contributed by atoms with Gasteiger partial charge in [0.05, 0.1) is 6.54 Å². The number of carbonyl (C=O) groups excluding carboxylic acids is 3. The predicted molar refractivity (Wildman–Crippen MR) is 94.7 cm³/mol. The number of imide groups is 1. The topological polar surface area (TPSA) is 66.5 Å². The third kappa shape index (κ3) is 4.09. The second-order valence-corrected chi connectivity index (χ2v) is 7.77. The molecule has 3 rings (SSSR count). The fourth-order valence-corrected chi connectivity index (χ4v) is 3.61. The maximum absolute atomic E-state index is 12.5. The molecule has 0 bridgehead atoms. The summed E-state index contributed by atoms with van der Waals surface area (Å²) in [6.45, 7) is 4.67. The van der Waals surface area contributed by atoms with E-state index in [2.05, 4.69) is 19.2 Å². The minimum absolute atomic E-state index is 0.0584. The van der Waals surface area contributed by atoms with Crippen LogP contribution in [0.15, 0.2) is 24.3 Å². The largest absolute Gasteiger partial charge is 0.347 e. The quantitative estimate of drug-likeness (QED) is 0.855. The van der Waals surface area contributed by atoms with Crippen LogP contribution in [-0.2, 0) is 16.1 Å². The molecule has 25 heavy (non-hydrogen) atoms. The molecule has 2 fully saturated rings.